The van der Waals surface area contributed by atoms with E-state index in [1.807, 2.05) is 0 Å². The van der Waals surface area contributed by atoms with Gasteiger partial charge < -0.3 is 14.6 Å². The SMILES string of the molecule is CC(=O)O[C@@H]1CC(=C/C=C2\CCC[C@]3(C)C(CCCC(=O)C(C)(C)O)=CCC23)C[C@@H](OC(C)=O)C1. The Balaban J connectivity index is 1.68. The van der Waals surface area contributed by atoms with E-state index in [-0.39, 0.29) is 35.3 Å². The summed E-state index contributed by atoms with van der Waals surface area (Å²) in [6.45, 7) is 8.30. The van der Waals surface area contributed by atoms with Crippen LogP contribution in [-0.2, 0) is 23.9 Å². The molecule has 0 saturated heterocycles. The minimum Gasteiger partial charge on any atom is -0.462 e. The summed E-state index contributed by atoms with van der Waals surface area (Å²) in [4.78, 5) is 35.1. The Bertz CT molecular complexity index is 892. The van der Waals surface area contributed by atoms with Gasteiger partial charge in [0.1, 0.15) is 17.8 Å². The minimum atomic E-state index is -1.26. The minimum absolute atomic E-state index is 0.0970. The first-order valence-corrected chi connectivity index (χ1v) is 13.1. The zero-order chi connectivity index (χ0) is 25.8. The lowest BCUT2D eigenvalue weighted by Crippen LogP contribution is -2.32. The Morgan fingerprint density at radius 3 is 2.31 bits per heavy atom. The fourth-order valence-corrected chi connectivity index (χ4v) is 6.18. The number of carbonyl (C=O) groups is 3. The van der Waals surface area contributed by atoms with Crippen molar-refractivity contribution < 1.29 is 29.0 Å². The van der Waals surface area contributed by atoms with E-state index < -0.39 is 5.60 Å². The average Bonchev–Trinajstić information content (AvgIpc) is 3.07. The van der Waals surface area contributed by atoms with Crippen molar-refractivity contribution >= 4 is 17.7 Å². The molecule has 0 heterocycles. The number of ketones is 1. The van der Waals surface area contributed by atoms with Crippen LogP contribution in [-0.4, -0.2) is 40.6 Å². The third-order valence-electron chi connectivity index (χ3n) is 7.95. The van der Waals surface area contributed by atoms with Gasteiger partial charge in [-0.2, -0.15) is 0 Å². The maximum atomic E-state index is 12.1. The molecule has 1 unspecified atom stereocenters. The topological polar surface area (TPSA) is 89.9 Å². The number of allylic oxidation sites excluding steroid dienone is 5. The van der Waals surface area contributed by atoms with Crippen molar-refractivity contribution in [3.63, 3.8) is 0 Å². The maximum Gasteiger partial charge on any atom is 0.302 e. The molecule has 0 radical (unpaired) electrons. The largest absolute Gasteiger partial charge is 0.462 e. The van der Waals surface area contributed by atoms with Crippen molar-refractivity contribution in [3.8, 4) is 0 Å². The Labute approximate surface area is 209 Å². The van der Waals surface area contributed by atoms with Gasteiger partial charge in [0, 0.05) is 39.5 Å². The van der Waals surface area contributed by atoms with Crippen LogP contribution in [0.15, 0.2) is 34.9 Å². The van der Waals surface area contributed by atoms with Gasteiger partial charge in [-0.1, -0.05) is 41.9 Å². The van der Waals surface area contributed by atoms with Crippen LogP contribution in [0.5, 0.6) is 0 Å². The van der Waals surface area contributed by atoms with Crippen molar-refractivity contribution in [2.24, 2.45) is 11.3 Å². The summed E-state index contributed by atoms with van der Waals surface area (Å²) in [5.41, 5.74) is 2.90. The van der Waals surface area contributed by atoms with Crippen LogP contribution in [0.25, 0.3) is 0 Å². The third-order valence-corrected chi connectivity index (χ3v) is 7.95. The number of aliphatic hydroxyl groups is 1. The number of ether oxygens (including phenoxy) is 2. The van der Waals surface area contributed by atoms with Crippen molar-refractivity contribution in [2.75, 3.05) is 0 Å². The fourth-order valence-electron chi connectivity index (χ4n) is 6.18. The molecule has 4 atom stereocenters. The molecule has 0 aromatic carbocycles. The zero-order valence-electron chi connectivity index (χ0n) is 22.0. The molecule has 194 valence electrons. The summed E-state index contributed by atoms with van der Waals surface area (Å²) in [5.74, 6) is -0.258. The van der Waals surface area contributed by atoms with Crippen molar-refractivity contribution in [2.45, 2.75) is 117 Å². The molecule has 2 fully saturated rings. The molecule has 3 rings (SSSR count). The van der Waals surface area contributed by atoms with E-state index in [0.717, 1.165) is 44.1 Å². The number of Topliss-reactive ketones (excluding diaryl/α,β-unsaturated/α-hetero) is 1. The van der Waals surface area contributed by atoms with E-state index in [0.29, 0.717) is 31.6 Å². The van der Waals surface area contributed by atoms with Crippen LogP contribution in [0.4, 0.5) is 0 Å². The Morgan fingerprint density at radius 2 is 1.74 bits per heavy atom. The first kappa shape index (κ1) is 27.4. The molecule has 0 aromatic heterocycles. The predicted octanol–water partition coefficient (Wildman–Crippen LogP) is 5.53. The van der Waals surface area contributed by atoms with Gasteiger partial charge in [0.25, 0.3) is 0 Å². The van der Waals surface area contributed by atoms with E-state index >= 15 is 0 Å². The molecule has 0 amide bonds. The van der Waals surface area contributed by atoms with Crippen LogP contribution in [0.1, 0.15) is 98.8 Å². The van der Waals surface area contributed by atoms with E-state index in [1.54, 1.807) is 13.8 Å². The van der Waals surface area contributed by atoms with Crippen LogP contribution in [0.3, 0.4) is 0 Å². The van der Waals surface area contributed by atoms with E-state index in [4.69, 9.17) is 9.47 Å². The monoisotopic (exact) mass is 486 g/mol. The van der Waals surface area contributed by atoms with Crippen LogP contribution in [0.2, 0.25) is 0 Å². The van der Waals surface area contributed by atoms with Gasteiger partial charge in [-0.05, 0) is 63.7 Å². The summed E-state index contributed by atoms with van der Waals surface area (Å²) >= 11 is 0. The molecule has 0 aliphatic heterocycles. The van der Waals surface area contributed by atoms with Gasteiger partial charge >= 0.3 is 11.9 Å². The number of esters is 2. The highest BCUT2D eigenvalue weighted by molar-refractivity contribution is 5.86. The first-order valence-electron chi connectivity index (χ1n) is 13.1. The van der Waals surface area contributed by atoms with Crippen LogP contribution in [0, 0.1) is 11.3 Å². The van der Waals surface area contributed by atoms with Crippen LogP contribution < -0.4 is 0 Å². The van der Waals surface area contributed by atoms with E-state index in [9.17, 15) is 19.5 Å². The fraction of sp³-hybridized carbons (Fsp3) is 0.690. The number of hydrogen-bond acceptors (Lipinski definition) is 6. The second-order valence-electron chi connectivity index (χ2n) is 11.3. The highest BCUT2D eigenvalue weighted by Crippen LogP contribution is 2.55. The second-order valence-corrected chi connectivity index (χ2v) is 11.3. The lowest BCUT2D eigenvalue weighted by Gasteiger charge is -2.41. The summed E-state index contributed by atoms with van der Waals surface area (Å²) in [7, 11) is 0. The van der Waals surface area contributed by atoms with E-state index in [1.165, 1.54) is 25.0 Å². The molecular weight excluding hydrogens is 444 g/mol. The quantitative estimate of drug-likeness (QED) is 0.358. The number of rotatable bonds is 8. The predicted molar refractivity (Wildman–Crippen MR) is 134 cm³/mol. The Kier molecular flexibility index (Phi) is 8.79. The lowest BCUT2D eigenvalue weighted by atomic mass is 9.63. The highest BCUT2D eigenvalue weighted by atomic mass is 16.6. The van der Waals surface area contributed by atoms with Crippen molar-refractivity contribution in [1.82, 2.24) is 0 Å². The molecule has 0 bridgehead atoms. The number of carbonyl (C=O) groups excluding carboxylic acids is 3. The van der Waals surface area contributed by atoms with E-state index in [2.05, 4.69) is 25.2 Å². The number of hydrogen-bond donors (Lipinski definition) is 1. The summed E-state index contributed by atoms with van der Waals surface area (Å²) < 4.78 is 10.9. The third kappa shape index (κ3) is 7.16. The maximum absolute atomic E-state index is 12.1. The zero-order valence-corrected chi connectivity index (χ0v) is 22.0. The first-order chi connectivity index (χ1) is 16.4. The molecule has 6 heteroatoms. The molecule has 3 aliphatic rings. The standard InChI is InChI=1S/C29H42O6/c1-19(30)34-24-16-21(17-25(18-24)35-20(2)31)11-12-22-8-7-15-29(5)23(13-14-26(22)29)9-6-10-27(32)28(3,4)33/h11-13,24-26,33H,6-10,14-18H2,1-5H3/b22-12+/t24-,25-,26?,29-/m1/s1. The van der Waals surface area contributed by atoms with Gasteiger partial charge in [-0.3, -0.25) is 14.4 Å². The molecule has 6 nitrogen and oxygen atoms in total. The van der Waals surface area contributed by atoms with Gasteiger partial charge in [-0.25, -0.2) is 0 Å². The molecule has 2 saturated carbocycles. The van der Waals surface area contributed by atoms with Crippen molar-refractivity contribution in [1.29, 1.82) is 0 Å². The Morgan fingerprint density at radius 1 is 1.11 bits per heavy atom. The van der Waals surface area contributed by atoms with Gasteiger partial charge in [0.2, 0.25) is 0 Å². The normalized spacial score (nSPS) is 29.9. The second kappa shape index (κ2) is 11.2. The molecule has 3 aliphatic carbocycles. The van der Waals surface area contributed by atoms with Gasteiger partial charge in [0.05, 0.1) is 0 Å². The molecule has 1 N–H and O–H groups in total. The van der Waals surface area contributed by atoms with Gasteiger partial charge in [0.15, 0.2) is 5.78 Å². The summed E-state index contributed by atoms with van der Waals surface area (Å²) in [6.07, 6.45) is 14.6. The highest BCUT2D eigenvalue weighted by Gasteiger charge is 2.44. The molecule has 0 aromatic rings. The molecular formula is C29H42O6. The molecule has 0 spiro atoms. The van der Waals surface area contributed by atoms with Gasteiger partial charge in [-0.15, -0.1) is 0 Å². The van der Waals surface area contributed by atoms with Crippen molar-refractivity contribution in [3.05, 3.63) is 34.9 Å². The number of fused-ring (bicyclic) bond motifs is 1. The average molecular weight is 487 g/mol. The smallest absolute Gasteiger partial charge is 0.302 e. The summed E-state index contributed by atoms with van der Waals surface area (Å²) in [5, 5.41) is 9.91. The van der Waals surface area contributed by atoms with Crippen LogP contribution >= 0.6 is 0 Å². The molecule has 35 heavy (non-hydrogen) atoms. The Hall–Kier alpha value is -2.21. The summed E-state index contributed by atoms with van der Waals surface area (Å²) in [6, 6.07) is 0. The lowest BCUT2D eigenvalue weighted by molar-refractivity contribution is -0.154.